The highest BCUT2D eigenvalue weighted by Gasteiger charge is 2.25. The van der Waals surface area contributed by atoms with Gasteiger partial charge in [0.15, 0.2) is 11.6 Å². The van der Waals surface area contributed by atoms with Crippen LogP contribution in [0.4, 0.5) is 4.39 Å². The van der Waals surface area contributed by atoms with Crippen LogP contribution in [-0.4, -0.2) is 40.1 Å². The van der Waals surface area contributed by atoms with Gasteiger partial charge in [-0.15, -0.1) is 0 Å². The first-order chi connectivity index (χ1) is 11.0. The molecule has 0 aliphatic carbocycles. The SMILES string of the molecule is COCCN(Cc1ccsc1)S(=O)(=O)c1ccc(OC)c(F)c1. The molecule has 0 radical (unpaired) electrons. The Hall–Kier alpha value is -1.48. The fourth-order valence-corrected chi connectivity index (χ4v) is 4.10. The monoisotopic (exact) mass is 359 g/mol. The third-order valence-electron chi connectivity index (χ3n) is 3.24. The number of methoxy groups -OCH3 is 2. The van der Waals surface area contributed by atoms with Gasteiger partial charge in [-0.2, -0.15) is 15.6 Å². The van der Waals surface area contributed by atoms with E-state index >= 15 is 0 Å². The molecule has 0 spiro atoms. The molecule has 0 unspecified atom stereocenters. The molecule has 0 fully saturated rings. The van der Waals surface area contributed by atoms with Gasteiger partial charge in [0.2, 0.25) is 10.0 Å². The van der Waals surface area contributed by atoms with Crippen LogP contribution in [0.15, 0.2) is 39.9 Å². The molecule has 1 aromatic heterocycles. The molecule has 1 heterocycles. The summed E-state index contributed by atoms with van der Waals surface area (Å²) in [6.07, 6.45) is 0. The normalized spacial score (nSPS) is 11.8. The van der Waals surface area contributed by atoms with E-state index in [-0.39, 0.29) is 30.3 Å². The second-order valence-electron chi connectivity index (χ2n) is 4.76. The van der Waals surface area contributed by atoms with E-state index in [4.69, 9.17) is 9.47 Å². The van der Waals surface area contributed by atoms with Crippen LogP contribution in [-0.2, 0) is 21.3 Å². The molecule has 2 rings (SSSR count). The van der Waals surface area contributed by atoms with E-state index in [1.54, 1.807) is 0 Å². The molecular weight excluding hydrogens is 341 g/mol. The van der Waals surface area contributed by atoms with E-state index in [2.05, 4.69) is 0 Å². The lowest BCUT2D eigenvalue weighted by Gasteiger charge is -2.21. The van der Waals surface area contributed by atoms with Gasteiger partial charge in [-0.3, -0.25) is 0 Å². The van der Waals surface area contributed by atoms with Crippen molar-refractivity contribution in [1.82, 2.24) is 4.31 Å². The predicted octanol–water partition coefficient (Wildman–Crippen LogP) is 2.73. The molecule has 8 heteroatoms. The standard InChI is InChI=1S/C15H18FNO4S2/c1-20-7-6-17(10-12-5-8-22-11-12)23(18,19)13-3-4-15(21-2)14(16)9-13/h3-5,8-9,11H,6-7,10H2,1-2H3. The fourth-order valence-electron chi connectivity index (χ4n) is 2.02. The van der Waals surface area contributed by atoms with E-state index in [0.717, 1.165) is 11.6 Å². The average Bonchev–Trinajstić information content (AvgIpc) is 3.04. The van der Waals surface area contributed by atoms with Crippen molar-refractivity contribution in [1.29, 1.82) is 0 Å². The molecule has 0 aliphatic rings. The molecular formula is C15H18FNO4S2. The Morgan fingerprint density at radius 3 is 2.61 bits per heavy atom. The Labute approximate surface area is 139 Å². The Morgan fingerprint density at radius 1 is 1.26 bits per heavy atom. The van der Waals surface area contributed by atoms with Crippen LogP contribution in [0.5, 0.6) is 5.75 Å². The molecule has 2 aromatic rings. The van der Waals surface area contributed by atoms with Gasteiger partial charge in [-0.05, 0) is 40.6 Å². The summed E-state index contributed by atoms with van der Waals surface area (Å²) in [4.78, 5) is -0.109. The summed E-state index contributed by atoms with van der Waals surface area (Å²) >= 11 is 1.49. The van der Waals surface area contributed by atoms with Gasteiger partial charge >= 0.3 is 0 Å². The number of hydrogen-bond acceptors (Lipinski definition) is 5. The van der Waals surface area contributed by atoms with Gasteiger partial charge in [0.1, 0.15) is 0 Å². The van der Waals surface area contributed by atoms with Crippen LogP contribution in [0.3, 0.4) is 0 Å². The third kappa shape index (κ3) is 4.29. The molecule has 23 heavy (non-hydrogen) atoms. The van der Waals surface area contributed by atoms with Crippen LogP contribution in [0.25, 0.3) is 0 Å². The summed E-state index contributed by atoms with van der Waals surface area (Å²) in [6, 6.07) is 5.47. The maximum atomic E-state index is 13.8. The number of nitrogens with zero attached hydrogens (tertiary/aromatic N) is 1. The number of sulfonamides is 1. The molecule has 0 saturated heterocycles. The highest BCUT2D eigenvalue weighted by Crippen LogP contribution is 2.24. The zero-order valence-electron chi connectivity index (χ0n) is 12.9. The second kappa shape index (κ2) is 7.87. The molecule has 0 saturated carbocycles. The second-order valence-corrected chi connectivity index (χ2v) is 7.48. The van der Waals surface area contributed by atoms with Crippen molar-refractivity contribution in [2.45, 2.75) is 11.4 Å². The van der Waals surface area contributed by atoms with Crippen LogP contribution in [0.1, 0.15) is 5.56 Å². The van der Waals surface area contributed by atoms with E-state index < -0.39 is 15.8 Å². The van der Waals surface area contributed by atoms with Crippen LogP contribution in [0, 0.1) is 5.82 Å². The molecule has 0 bridgehead atoms. The molecule has 0 N–H and O–H groups in total. The molecule has 5 nitrogen and oxygen atoms in total. The van der Waals surface area contributed by atoms with E-state index in [0.29, 0.717) is 0 Å². The topological polar surface area (TPSA) is 55.8 Å². The number of benzene rings is 1. The number of rotatable bonds is 8. The van der Waals surface area contributed by atoms with E-state index in [9.17, 15) is 12.8 Å². The Balaban J connectivity index is 2.32. The maximum Gasteiger partial charge on any atom is 0.243 e. The van der Waals surface area contributed by atoms with Gasteiger partial charge in [-0.25, -0.2) is 12.8 Å². The zero-order chi connectivity index (χ0) is 16.9. The van der Waals surface area contributed by atoms with Crippen molar-refractivity contribution in [2.24, 2.45) is 0 Å². The van der Waals surface area contributed by atoms with Crippen LogP contribution in [0.2, 0.25) is 0 Å². The fraction of sp³-hybridized carbons (Fsp3) is 0.333. The average molecular weight is 359 g/mol. The van der Waals surface area contributed by atoms with E-state index in [1.807, 2.05) is 16.8 Å². The summed E-state index contributed by atoms with van der Waals surface area (Å²) in [6.45, 7) is 0.646. The largest absolute Gasteiger partial charge is 0.494 e. The summed E-state index contributed by atoms with van der Waals surface area (Å²) in [5.41, 5.74) is 0.878. The molecule has 126 valence electrons. The Kier molecular flexibility index (Phi) is 6.11. The first kappa shape index (κ1) is 17.9. The first-order valence-electron chi connectivity index (χ1n) is 6.82. The first-order valence-corrected chi connectivity index (χ1v) is 9.21. The Morgan fingerprint density at radius 2 is 2.04 bits per heavy atom. The minimum absolute atomic E-state index is 0.00484. The van der Waals surface area contributed by atoms with Gasteiger partial charge in [0.05, 0.1) is 18.6 Å². The quantitative estimate of drug-likeness (QED) is 0.727. The van der Waals surface area contributed by atoms with Crippen molar-refractivity contribution in [3.63, 3.8) is 0 Å². The predicted molar refractivity (Wildman–Crippen MR) is 86.7 cm³/mol. The minimum atomic E-state index is -3.83. The molecule has 1 aromatic carbocycles. The number of halogens is 1. The van der Waals surface area contributed by atoms with Gasteiger partial charge in [0, 0.05) is 20.2 Å². The smallest absolute Gasteiger partial charge is 0.243 e. The summed E-state index contributed by atoms with van der Waals surface area (Å²) in [5.74, 6) is -0.707. The lowest BCUT2D eigenvalue weighted by Crippen LogP contribution is -2.33. The summed E-state index contributed by atoms with van der Waals surface area (Å²) in [5, 5.41) is 3.76. The zero-order valence-corrected chi connectivity index (χ0v) is 14.5. The minimum Gasteiger partial charge on any atom is -0.494 e. The Bertz CT molecular complexity index is 732. The number of ether oxygens (including phenoxy) is 2. The van der Waals surface area contributed by atoms with Crippen LogP contribution >= 0.6 is 11.3 Å². The lowest BCUT2D eigenvalue weighted by molar-refractivity contribution is 0.177. The maximum absolute atomic E-state index is 13.8. The number of hydrogen-bond donors (Lipinski definition) is 0. The van der Waals surface area contributed by atoms with Crippen molar-refractivity contribution >= 4 is 21.4 Å². The van der Waals surface area contributed by atoms with Crippen molar-refractivity contribution in [3.05, 3.63) is 46.4 Å². The van der Waals surface area contributed by atoms with Crippen molar-refractivity contribution in [3.8, 4) is 5.75 Å². The highest BCUT2D eigenvalue weighted by molar-refractivity contribution is 7.89. The van der Waals surface area contributed by atoms with Crippen molar-refractivity contribution < 1.29 is 22.3 Å². The summed E-state index contributed by atoms with van der Waals surface area (Å²) < 4.78 is 50.5. The molecule has 0 aliphatic heterocycles. The van der Waals surface area contributed by atoms with Gasteiger partial charge in [-0.1, -0.05) is 0 Å². The highest BCUT2D eigenvalue weighted by atomic mass is 32.2. The number of thiophene rings is 1. The lowest BCUT2D eigenvalue weighted by atomic mass is 10.3. The summed E-state index contributed by atoms with van der Waals surface area (Å²) in [7, 11) is -1.00. The van der Waals surface area contributed by atoms with Gasteiger partial charge < -0.3 is 9.47 Å². The molecule has 0 atom stereocenters. The van der Waals surface area contributed by atoms with Crippen LogP contribution < -0.4 is 4.74 Å². The molecule has 0 amide bonds. The van der Waals surface area contributed by atoms with Gasteiger partial charge in [0.25, 0.3) is 0 Å². The van der Waals surface area contributed by atoms with E-state index in [1.165, 1.54) is 42.0 Å². The van der Waals surface area contributed by atoms with Crippen molar-refractivity contribution in [2.75, 3.05) is 27.4 Å². The third-order valence-corrected chi connectivity index (χ3v) is 5.82.